The van der Waals surface area contributed by atoms with Crippen LogP contribution in [0.3, 0.4) is 0 Å². The molecule has 3 nitrogen and oxygen atoms in total. The third-order valence-electron chi connectivity index (χ3n) is 2.93. The fraction of sp³-hybridized carbons (Fsp3) is 0.267. The zero-order valence-electron chi connectivity index (χ0n) is 10.8. The van der Waals surface area contributed by atoms with E-state index in [1.165, 1.54) is 5.56 Å². The van der Waals surface area contributed by atoms with Crippen LogP contribution in [0.5, 0.6) is 0 Å². The molecule has 0 bridgehead atoms. The summed E-state index contributed by atoms with van der Waals surface area (Å²) in [5.74, 6) is 1.17. The van der Waals surface area contributed by atoms with Gasteiger partial charge in [0.25, 0.3) is 5.91 Å². The SMILES string of the molecule is Cc1oc(C(=O)NCCc2ccccc2)cc1CCl. The van der Waals surface area contributed by atoms with Crippen molar-refractivity contribution in [1.82, 2.24) is 5.32 Å². The number of rotatable bonds is 5. The van der Waals surface area contributed by atoms with Crippen LogP contribution in [0.1, 0.15) is 27.4 Å². The quantitative estimate of drug-likeness (QED) is 0.852. The van der Waals surface area contributed by atoms with E-state index in [-0.39, 0.29) is 5.91 Å². The van der Waals surface area contributed by atoms with Gasteiger partial charge < -0.3 is 9.73 Å². The summed E-state index contributed by atoms with van der Waals surface area (Å²) in [5.41, 5.74) is 2.05. The summed E-state index contributed by atoms with van der Waals surface area (Å²) in [6.07, 6.45) is 0.800. The van der Waals surface area contributed by atoms with Crippen LogP contribution in [0.15, 0.2) is 40.8 Å². The van der Waals surface area contributed by atoms with E-state index in [4.69, 9.17) is 16.0 Å². The first-order chi connectivity index (χ1) is 9.20. The molecule has 2 aromatic rings. The fourth-order valence-electron chi connectivity index (χ4n) is 1.82. The van der Waals surface area contributed by atoms with Gasteiger partial charge in [-0.25, -0.2) is 0 Å². The lowest BCUT2D eigenvalue weighted by molar-refractivity contribution is 0.0925. The second kappa shape index (κ2) is 6.43. The highest BCUT2D eigenvalue weighted by molar-refractivity contribution is 6.17. The monoisotopic (exact) mass is 277 g/mol. The first-order valence-corrected chi connectivity index (χ1v) is 6.71. The Morgan fingerprint density at radius 2 is 2.05 bits per heavy atom. The maximum atomic E-state index is 11.9. The first-order valence-electron chi connectivity index (χ1n) is 6.18. The molecule has 1 amide bonds. The van der Waals surface area contributed by atoms with Gasteiger partial charge in [-0.3, -0.25) is 4.79 Å². The topological polar surface area (TPSA) is 42.2 Å². The minimum atomic E-state index is -0.199. The summed E-state index contributed by atoms with van der Waals surface area (Å²) >= 11 is 5.74. The van der Waals surface area contributed by atoms with Crippen molar-refractivity contribution in [3.63, 3.8) is 0 Å². The van der Waals surface area contributed by atoms with Gasteiger partial charge in [-0.15, -0.1) is 11.6 Å². The molecule has 100 valence electrons. The standard InChI is InChI=1S/C15H16ClNO2/c1-11-13(10-16)9-14(19-11)15(18)17-8-7-12-5-3-2-4-6-12/h2-6,9H,7-8,10H2,1H3,(H,17,18). The largest absolute Gasteiger partial charge is 0.456 e. The van der Waals surface area contributed by atoms with Gasteiger partial charge in [0.2, 0.25) is 0 Å². The summed E-state index contributed by atoms with van der Waals surface area (Å²) in [6, 6.07) is 11.7. The van der Waals surface area contributed by atoms with Crippen molar-refractivity contribution in [1.29, 1.82) is 0 Å². The smallest absolute Gasteiger partial charge is 0.287 e. The van der Waals surface area contributed by atoms with E-state index < -0.39 is 0 Å². The van der Waals surface area contributed by atoms with Crippen LogP contribution in [0.25, 0.3) is 0 Å². The van der Waals surface area contributed by atoms with Crippen molar-refractivity contribution in [2.75, 3.05) is 6.54 Å². The predicted molar refractivity (Wildman–Crippen MR) is 75.5 cm³/mol. The molecule has 1 aromatic carbocycles. The Hall–Kier alpha value is -1.74. The molecule has 0 aliphatic heterocycles. The maximum absolute atomic E-state index is 11.9. The van der Waals surface area contributed by atoms with Gasteiger partial charge in [-0.05, 0) is 25.0 Å². The summed E-state index contributed by atoms with van der Waals surface area (Å²) in [4.78, 5) is 11.9. The van der Waals surface area contributed by atoms with E-state index in [0.717, 1.165) is 12.0 Å². The number of amides is 1. The zero-order valence-corrected chi connectivity index (χ0v) is 11.5. The highest BCUT2D eigenvalue weighted by atomic mass is 35.5. The number of furan rings is 1. The number of nitrogens with one attached hydrogen (secondary N) is 1. The highest BCUT2D eigenvalue weighted by Crippen LogP contribution is 2.16. The van der Waals surface area contributed by atoms with Crippen LogP contribution >= 0.6 is 11.6 Å². The van der Waals surface area contributed by atoms with E-state index in [0.29, 0.717) is 23.9 Å². The van der Waals surface area contributed by atoms with Crippen molar-refractivity contribution in [3.8, 4) is 0 Å². The van der Waals surface area contributed by atoms with E-state index in [9.17, 15) is 4.79 Å². The molecule has 0 radical (unpaired) electrons. The van der Waals surface area contributed by atoms with Crippen molar-refractivity contribution < 1.29 is 9.21 Å². The van der Waals surface area contributed by atoms with E-state index >= 15 is 0 Å². The Kier molecular flexibility index (Phi) is 4.63. The lowest BCUT2D eigenvalue weighted by atomic mass is 10.1. The van der Waals surface area contributed by atoms with E-state index in [1.807, 2.05) is 30.3 Å². The Labute approximate surface area is 117 Å². The van der Waals surface area contributed by atoms with Gasteiger partial charge in [0.05, 0.1) is 5.88 Å². The molecule has 0 saturated heterocycles. The number of hydrogen-bond donors (Lipinski definition) is 1. The normalized spacial score (nSPS) is 10.4. The third-order valence-corrected chi connectivity index (χ3v) is 3.22. The van der Waals surface area contributed by atoms with Gasteiger partial charge >= 0.3 is 0 Å². The second-order valence-electron chi connectivity index (χ2n) is 4.32. The average molecular weight is 278 g/mol. The molecule has 0 atom stereocenters. The number of aryl methyl sites for hydroxylation is 1. The van der Waals surface area contributed by atoms with E-state index in [1.54, 1.807) is 13.0 Å². The minimum absolute atomic E-state index is 0.199. The van der Waals surface area contributed by atoms with Gasteiger partial charge in [0.15, 0.2) is 5.76 Å². The van der Waals surface area contributed by atoms with Gasteiger partial charge in [-0.2, -0.15) is 0 Å². The molecule has 1 aromatic heterocycles. The van der Waals surface area contributed by atoms with Crippen LogP contribution in [-0.2, 0) is 12.3 Å². The Bertz CT molecular complexity index is 549. The minimum Gasteiger partial charge on any atom is -0.456 e. The van der Waals surface area contributed by atoms with Gasteiger partial charge in [-0.1, -0.05) is 30.3 Å². The number of benzene rings is 1. The molecule has 19 heavy (non-hydrogen) atoms. The Morgan fingerprint density at radius 3 is 2.68 bits per heavy atom. The van der Waals surface area contributed by atoms with Crippen LogP contribution in [0, 0.1) is 6.92 Å². The molecular formula is C15H16ClNO2. The molecular weight excluding hydrogens is 262 g/mol. The molecule has 0 unspecified atom stereocenters. The number of carbonyl (C=O) groups excluding carboxylic acids is 1. The molecule has 0 aliphatic rings. The van der Waals surface area contributed by atoms with Crippen LogP contribution in [-0.4, -0.2) is 12.5 Å². The average Bonchev–Trinajstić information content (AvgIpc) is 2.81. The second-order valence-corrected chi connectivity index (χ2v) is 4.58. The van der Waals surface area contributed by atoms with Crippen LogP contribution in [0.4, 0.5) is 0 Å². The predicted octanol–water partition coefficient (Wildman–Crippen LogP) is 3.30. The highest BCUT2D eigenvalue weighted by Gasteiger charge is 2.13. The molecule has 2 rings (SSSR count). The summed E-state index contributed by atoms with van der Waals surface area (Å²) in [7, 11) is 0. The summed E-state index contributed by atoms with van der Waals surface area (Å²) in [6.45, 7) is 2.39. The third kappa shape index (κ3) is 3.61. The zero-order chi connectivity index (χ0) is 13.7. The molecule has 0 saturated carbocycles. The first kappa shape index (κ1) is 13.7. The Balaban J connectivity index is 1.87. The lowest BCUT2D eigenvalue weighted by Gasteiger charge is -2.03. The lowest BCUT2D eigenvalue weighted by Crippen LogP contribution is -2.25. The van der Waals surface area contributed by atoms with Crippen LogP contribution in [0.2, 0.25) is 0 Å². The summed E-state index contributed by atoms with van der Waals surface area (Å²) in [5, 5.41) is 2.84. The van der Waals surface area contributed by atoms with Gasteiger partial charge in [0.1, 0.15) is 5.76 Å². The number of alkyl halides is 1. The van der Waals surface area contributed by atoms with Gasteiger partial charge in [0, 0.05) is 12.1 Å². The number of halogens is 1. The molecule has 1 heterocycles. The van der Waals surface area contributed by atoms with Crippen LogP contribution < -0.4 is 5.32 Å². The van der Waals surface area contributed by atoms with E-state index in [2.05, 4.69) is 5.32 Å². The number of carbonyl (C=O) groups is 1. The number of hydrogen-bond acceptors (Lipinski definition) is 2. The molecule has 1 N–H and O–H groups in total. The van der Waals surface area contributed by atoms with Crippen molar-refractivity contribution in [2.45, 2.75) is 19.2 Å². The summed E-state index contributed by atoms with van der Waals surface area (Å²) < 4.78 is 5.37. The molecule has 0 aliphatic carbocycles. The van der Waals surface area contributed by atoms with Crippen molar-refractivity contribution in [2.24, 2.45) is 0 Å². The Morgan fingerprint density at radius 1 is 1.32 bits per heavy atom. The maximum Gasteiger partial charge on any atom is 0.287 e. The van der Waals surface area contributed by atoms with Crippen molar-refractivity contribution in [3.05, 3.63) is 59.0 Å². The molecule has 0 spiro atoms. The fourth-order valence-corrected chi connectivity index (χ4v) is 2.08. The molecule has 4 heteroatoms. The molecule has 0 fully saturated rings. The van der Waals surface area contributed by atoms with Crippen molar-refractivity contribution >= 4 is 17.5 Å².